The fraction of sp³-hybridized carbons (Fsp3) is 0.727. The van der Waals surface area contributed by atoms with Crippen LogP contribution in [-0.2, 0) is 11.2 Å². The molecule has 0 bridgehead atoms. The summed E-state index contributed by atoms with van der Waals surface area (Å²) in [4.78, 5) is 2.15. The fourth-order valence-corrected chi connectivity index (χ4v) is 6.14. The Kier molecular flexibility index (Phi) is 4.79. The molecule has 2 fully saturated rings. The van der Waals surface area contributed by atoms with E-state index in [4.69, 9.17) is 4.74 Å². The highest BCUT2D eigenvalue weighted by molar-refractivity contribution is 5.41. The van der Waals surface area contributed by atoms with Crippen LogP contribution in [-0.4, -0.2) is 54.6 Å². The predicted molar refractivity (Wildman–Crippen MR) is 102 cm³/mol. The van der Waals surface area contributed by atoms with Crippen LogP contribution in [0.5, 0.6) is 5.75 Å². The van der Waals surface area contributed by atoms with Gasteiger partial charge in [-0.3, -0.25) is 0 Å². The molecule has 144 valence electrons. The number of fused-ring (bicyclic) bond motifs is 5. The number of rotatable bonds is 4. The second kappa shape index (κ2) is 6.81. The first-order valence-electron chi connectivity index (χ1n) is 10.2. The van der Waals surface area contributed by atoms with Crippen molar-refractivity contribution < 1.29 is 14.9 Å². The molecule has 4 nitrogen and oxygen atoms in total. The maximum absolute atomic E-state index is 10.7. The van der Waals surface area contributed by atoms with Crippen molar-refractivity contribution in [2.24, 2.45) is 17.3 Å². The van der Waals surface area contributed by atoms with Gasteiger partial charge in [0.05, 0.1) is 18.8 Å². The first-order chi connectivity index (χ1) is 12.4. The van der Waals surface area contributed by atoms with Gasteiger partial charge in [-0.15, -0.1) is 0 Å². The summed E-state index contributed by atoms with van der Waals surface area (Å²) in [5.74, 6) is 1.92. The van der Waals surface area contributed by atoms with Gasteiger partial charge in [0.1, 0.15) is 5.75 Å². The molecule has 3 aliphatic carbocycles. The maximum Gasteiger partial charge on any atom is 0.115 e. The molecule has 26 heavy (non-hydrogen) atoms. The van der Waals surface area contributed by atoms with Gasteiger partial charge in [0, 0.05) is 12.5 Å². The number of likely N-dealkylation sites (N-methyl/N-ethyl adjacent to an activating group) is 1. The summed E-state index contributed by atoms with van der Waals surface area (Å²) in [7, 11) is 4.15. The van der Waals surface area contributed by atoms with E-state index in [2.05, 4.69) is 32.0 Å². The van der Waals surface area contributed by atoms with Gasteiger partial charge in [-0.05, 0) is 86.7 Å². The molecule has 1 aromatic carbocycles. The van der Waals surface area contributed by atoms with Gasteiger partial charge in [-0.25, -0.2) is 0 Å². The number of phenolic OH excluding ortho intramolecular Hbond substituents is 1. The molecule has 4 heteroatoms. The first kappa shape index (κ1) is 18.3. The Balaban J connectivity index is 1.67. The molecule has 0 spiro atoms. The number of aliphatic hydroxyl groups excluding tert-OH is 1. The van der Waals surface area contributed by atoms with E-state index in [0.717, 1.165) is 45.3 Å². The Morgan fingerprint density at radius 2 is 2.04 bits per heavy atom. The first-order valence-corrected chi connectivity index (χ1v) is 10.2. The molecule has 1 aromatic rings. The second-order valence-electron chi connectivity index (χ2n) is 9.23. The Morgan fingerprint density at radius 1 is 1.23 bits per heavy atom. The van der Waals surface area contributed by atoms with Crippen LogP contribution in [0.25, 0.3) is 0 Å². The summed E-state index contributed by atoms with van der Waals surface area (Å²) in [5, 5.41) is 20.6. The quantitative estimate of drug-likeness (QED) is 0.867. The lowest BCUT2D eigenvalue weighted by Gasteiger charge is -2.53. The molecule has 0 aliphatic heterocycles. The largest absolute Gasteiger partial charge is 0.508 e. The number of hydrogen-bond acceptors (Lipinski definition) is 4. The van der Waals surface area contributed by atoms with Crippen molar-refractivity contribution in [1.29, 1.82) is 0 Å². The molecular formula is C22H33NO3. The molecule has 2 N–H and O–H groups in total. The minimum atomic E-state index is -0.199. The van der Waals surface area contributed by atoms with E-state index in [0.29, 0.717) is 23.5 Å². The number of aliphatic hydroxyl groups is 1. The Labute approximate surface area is 157 Å². The molecule has 0 amide bonds. The Hall–Kier alpha value is -1.10. The van der Waals surface area contributed by atoms with Crippen molar-refractivity contribution in [1.82, 2.24) is 4.90 Å². The highest BCUT2D eigenvalue weighted by atomic mass is 16.5. The van der Waals surface area contributed by atoms with E-state index < -0.39 is 0 Å². The molecular weight excluding hydrogens is 326 g/mol. The Bertz CT molecular complexity index is 661. The number of hydrogen-bond donors (Lipinski definition) is 2. The zero-order chi connectivity index (χ0) is 18.5. The SMILES string of the molecule is CN(C)CCO[C@H]1C[C@]2(C)[C@@H](O)CC[C@H]2[C@@H]2CCc3cc(O)ccc3[C@H]21. The van der Waals surface area contributed by atoms with E-state index in [-0.39, 0.29) is 17.6 Å². The summed E-state index contributed by atoms with van der Waals surface area (Å²) < 4.78 is 6.46. The van der Waals surface area contributed by atoms with Gasteiger partial charge in [0.2, 0.25) is 0 Å². The zero-order valence-corrected chi connectivity index (χ0v) is 16.3. The van der Waals surface area contributed by atoms with Crippen molar-refractivity contribution in [2.45, 2.75) is 57.2 Å². The van der Waals surface area contributed by atoms with Crippen molar-refractivity contribution in [3.05, 3.63) is 29.3 Å². The lowest BCUT2D eigenvalue weighted by atomic mass is 9.54. The minimum Gasteiger partial charge on any atom is -0.508 e. The summed E-state index contributed by atoms with van der Waals surface area (Å²) in [6, 6.07) is 5.90. The monoisotopic (exact) mass is 359 g/mol. The fourth-order valence-electron chi connectivity index (χ4n) is 6.14. The average Bonchev–Trinajstić information content (AvgIpc) is 2.89. The van der Waals surface area contributed by atoms with Crippen LogP contribution in [0.3, 0.4) is 0 Å². The van der Waals surface area contributed by atoms with Crippen LogP contribution in [0.4, 0.5) is 0 Å². The second-order valence-corrected chi connectivity index (χ2v) is 9.23. The molecule has 6 atom stereocenters. The maximum atomic E-state index is 10.7. The van der Waals surface area contributed by atoms with Crippen molar-refractivity contribution in [2.75, 3.05) is 27.2 Å². The van der Waals surface area contributed by atoms with E-state index in [1.54, 1.807) is 0 Å². The number of benzene rings is 1. The number of aromatic hydroxyl groups is 1. The number of phenols is 1. The molecule has 0 saturated heterocycles. The molecule has 0 heterocycles. The van der Waals surface area contributed by atoms with Gasteiger partial charge in [0.25, 0.3) is 0 Å². The zero-order valence-electron chi connectivity index (χ0n) is 16.3. The molecule has 0 aromatic heterocycles. The third-order valence-electron chi connectivity index (χ3n) is 7.48. The van der Waals surface area contributed by atoms with E-state index >= 15 is 0 Å². The normalized spacial score (nSPS) is 38.7. The van der Waals surface area contributed by atoms with E-state index in [9.17, 15) is 10.2 Å². The topological polar surface area (TPSA) is 52.9 Å². The molecule has 4 rings (SSSR count). The van der Waals surface area contributed by atoms with Gasteiger partial charge < -0.3 is 19.8 Å². The average molecular weight is 360 g/mol. The van der Waals surface area contributed by atoms with Crippen molar-refractivity contribution >= 4 is 0 Å². The van der Waals surface area contributed by atoms with Crippen molar-refractivity contribution in [3.63, 3.8) is 0 Å². The third kappa shape index (κ3) is 2.96. The van der Waals surface area contributed by atoms with Crippen molar-refractivity contribution in [3.8, 4) is 5.75 Å². The number of aryl methyl sites for hydroxylation is 1. The van der Waals surface area contributed by atoms with Crippen LogP contribution in [0.2, 0.25) is 0 Å². The standard InChI is InChI=1S/C22H33NO3/c1-22-13-19(26-11-10-23(2)3)21-16-7-5-15(24)12-14(16)4-6-17(21)18(22)8-9-20(22)25/h5,7,12,17-21,24-25H,4,6,8-11,13H2,1-3H3/t17-,18-,19-,20-,21+,22-/m0/s1. The number of ether oxygens (including phenoxy) is 1. The molecule has 3 aliphatic rings. The lowest BCUT2D eigenvalue weighted by Crippen LogP contribution is -2.51. The minimum absolute atomic E-state index is 0.0155. The highest BCUT2D eigenvalue weighted by Crippen LogP contribution is 2.61. The van der Waals surface area contributed by atoms with Crippen LogP contribution in [0.15, 0.2) is 18.2 Å². The molecule has 0 unspecified atom stereocenters. The van der Waals surface area contributed by atoms with Crippen LogP contribution >= 0.6 is 0 Å². The van der Waals surface area contributed by atoms with Crippen LogP contribution in [0, 0.1) is 17.3 Å². The van der Waals surface area contributed by atoms with E-state index in [1.165, 1.54) is 11.1 Å². The van der Waals surface area contributed by atoms with Gasteiger partial charge >= 0.3 is 0 Å². The van der Waals surface area contributed by atoms with Crippen LogP contribution in [0.1, 0.15) is 49.7 Å². The summed E-state index contributed by atoms with van der Waals surface area (Å²) in [6.45, 7) is 3.93. The Morgan fingerprint density at radius 3 is 2.81 bits per heavy atom. The summed E-state index contributed by atoms with van der Waals surface area (Å²) in [5.41, 5.74) is 2.64. The summed E-state index contributed by atoms with van der Waals surface area (Å²) >= 11 is 0. The lowest BCUT2D eigenvalue weighted by molar-refractivity contribution is -0.106. The van der Waals surface area contributed by atoms with Gasteiger partial charge in [0.15, 0.2) is 0 Å². The van der Waals surface area contributed by atoms with Gasteiger partial charge in [-0.2, -0.15) is 0 Å². The van der Waals surface area contributed by atoms with Crippen LogP contribution < -0.4 is 0 Å². The summed E-state index contributed by atoms with van der Waals surface area (Å²) in [6.07, 6.45) is 5.12. The highest BCUT2D eigenvalue weighted by Gasteiger charge is 2.57. The molecule has 0 radical (unpaired) electrons. The van der Waals surface area contributed by atoms with E-state index in [1.807, 2.05) is 12.1 Å². The third-order valence-corrected chi connectivity index (χ3v) is 7.48. The smallest absolute Gasteiger partial charge is 0.115 e. The molecule has 2 saturated carbocycles. The van der Waals surface area contributed by atoms with Gasteiger partial charge in [-0.1, -0.05) is 13.0 Å². The predicted octanol–water partition coefficient (Wildman–Crippen LogP) is 3.17. The number of nitrogens with zero attached hydrogens (tertiary/aromatic N) is 1.